The summed E-state index contributed by atoms with van der Waals surface area (Å²) in [4.78, 5) is 18.2. The van der Waals surface area contributed by atoms with Crippen LogP contribution in [0.3, 0.4) is 0 Å². The molecule has 0 atom stereocenters. The summed E-state index contributed by atoms with van der Waals surface area (Å²) < 4.78 is 0.545. The van der Waals surface area contributed by atoms with Crippen LogP contribution in [0.1, 0.15) is 37.0 Å². The minimum absolute atomic E-state index is 0.0277. The van der Waals surface area contributed by atoms with Crippen molar-refractivity contribution in [3.05, 3.63) is 28.5 Å². The van der Waals surface area contributed by atoms with Gasteiger partial charge in [0.15, 0.2) is 0 Å². The fourth-order valence-electron chi connectivity index (χ4n) is 1.99. The standard InChI is InChI=1S/C13H19BrN2O2/c1-3-10(4-2)16(8-9-17)13(18)11-6-5-7-15-12(11)14/h5-7,10,17H,3-4,8-9H2,1-2H3. The molecular formula is C13H19BrN2O2. The number of amides is 1. The van der Waals surface area contributed by atoms with Gasteiger partial charge in [0.1, 0.15) is 4.60 Å². The van der Waals surface area contributed by atoms with Crippen LogP contribution in [0, 0.1) is 0 Å². The van der Waals surface area contributed by atoms with Gasteiger partial charge < -0.3 is 10.0 Å². The van der Waals surface area contributed by atoms with Gasteiger partial charge >= 0.3 is 0 Å². The van der Waals surface area contributed by atoms with E-state index >= 15 is 0 Å². The Hall–Kier alpha value is -0.940. The van der Waals surface area contributed by atoms with Gasteiger partial charge in [0, 0.05) is 18.8 Å². The fourth-order valence-corrected chi connectivity index (χ4v) is 2.41. The molecule has 0 aliphatic carbocycles. The number of carbonyl (C=O) groups is 1. The number of pyridine rings is 1. The zero-order chi connectivity index (χ0) is 13.5. The first-order valence-corrected chi connectivity index (χ1v) is 6.97. The van der Waals surface area contributed by atoms with E-state index in [4.69, 9.17) is 5.11 Å². The Morgan fingerprint density at radius 1 is 1.50 bits per heavy atom. The molecule has 1 aromatic rings. The second-order valence-corrected chi connectivity index (χ2v) is 4.79. The summed E-state index contributed by atoms with van der Waals surface area (Å²) in [6, 6.07) is 3.63. The first kappa shape index (κ1) is 15.1. The molecule has 100 valence electrons. The number of aliphatic hydroxyl groups excluding tert-OH is 1. The minimum Gasteiger partial charge on any atom is -0.395 e. The first-order chi connectivity index (χ1) is 8.65. The molecule has 0 aliphatic heterocycles. The number of halogens is 1. The molecule has 0 saturated carbocycles. The number of carbonyl (C=O) groups excluding carboxylic acids is 1. The third kappa shape index (κ3) is 3.53. The summed E-state index contributed by atoms with van der Waals surface area (Å²) in [7, 11) is 0. The average molecular weight is 315 g/mol. The van der Waals surface area contributed by atoms with Crippen molar-refractivity contribution >= 4 is 21.8 Å². The van der Waals surface area contributed by atoms with Gasteiger partial charge in [-0.2, -0.15) is 0 Å². The van der Waals surface area contributed by atoms with Gasteiger partial charge in [-0.3, -0.25) is 4.79 Å². The van der Waals surface area contributed by atoms with Gasteiger partial charge in [-0.1, -0.05) is 13.8 Å². The Kier molecular flexibility index (Phi) is 6.29. The third-order valence-corrected chi connectivity index (χ3v) is 3.61. The molecule has 4 nitrogen and oxygen atoms in total. The van der Waals surface area contributed by atoms with Crippen molar-refractivity contribution in [1.82, 2.24) is 9.88 Å². The molecule has 0 saturated heterocycles. The van der Waals surface area contributed by atoms with Crippen molar-refractivity contribution in [2.24, 2.45) is 0 Å². The Bertz CT molecular complexity index is 394. The van der Waals surface area contributed by atoms with Crippen LogP contribution in [0.4, 0.5) is 0 Å². The molecule has 1 aromatic heterocycles. The van der Waals surface area contributed by atoms with Crippen molar-refractivity contribution in [2.75, 3.05) is 13.2 Å². The predicted molar refractivity (Wildman–Crippen MR) is 74.4 cm³/mol. The SMILES string of the molecule is CCC(CC)N(CCO)C(=O)c1cccnc1Br. The maximum Gasteiger partial charge on any atom is 0.256 e. The van der Waals surface area contributed by atoms with Gasteiger partial charge in [0.05, 0.1) is 12.2 Å². The molecule has 0 bridgehead atoms. The fraction of sp³-hybridized carbons (Fsp3) is 0.538. The molecule has 1 N–H and O–H groups in total. The van der Waals surface area contributed by atoms with Gasteiger partial charge in [-0.25, -0.2) is 4.98 Å². The predicted octanol–water partition coefficient (Wildman–Crippen LogP) is 2.47. The molecule has 0 radical (unpaired) electrons. The second kappa shape index (κ2) is 7.48. The summed E-state index contributed by atoms with van der Waals surface area (Å²) in [6.07, 6.45) is 3.38. The summed E-state index contributed by atoms with van der Waals surface area (Å²) in [5.74, 6) is -0.0854. The smallest absolute Gasteiger partial charge is 0.256 e. The normalized spacial score (nSPS) is 10.7. The lowest BCUT2D eigenvalue weighted by Crippen LogP contribution is -2.41. The van der Waals surface area contributed by atoms with Crippen LogP contribution >= 0.6 is 15.9 Å². The van der Waals surface area contributed by atoms with Crippen molar-refractivity contribution in [2.45, 2.75) is 32.7 Å². The van der Waals surface area contributed by atoms with Crippen molar-refractivity contribution in [3.8, 4) is 0 Å². The van der Waals surface area contributed by atoms with Crippen molar-refractivity contribution in [1.29, 1.82) is 0 Å². The quantitative estimate of drug-likeness (QED) is 0.821. The molecular weight excluding hydrogens is 296 g/mol. The lowest BCUT2D eigenvalue weighted by Gasteiger charge is -2.30. The monoisotopic (exact) mass is 314 g/mol. The molecule has 0 fully saturated rings. The van der Waals surface area contributed by atoms with E-state index in [9.17, 15) is 4.79 Å². The average Bonchev–Trinajstić information content (AvgIpc) is 2.39. The number of hydrogen-bond acceptors (Lipinski definition) is 3. The van der Waals surface area contributed by atoms with E-state index < -0.39 is 0 Å². The first-order valence-electron chi connectivity index (χ1n) is 6.18. The molecule has 5 heteroatoms. The molecule has 1 rings (SSSR count). The number of aliphatic hydroxyl groups is 1. The molecule has 0 aromatic carbocycles. The van der Waals surface area contributed by atoms with E-state index in [1.165, 1.54) is 0 Å². The van der Waals surface area contributed by atoms with Gasteiger partial charge in [-0.15, -0.1) is 0 Å². The van der Waals surface area contributed by atoms with Crippen LogP contribution in [0.2, 0.25) is 0 Å². The second-order valence-electron chi connectivity index (χ2n) is 4.03. The van der Waals surface area contributed by atoms with E-state index in [-0.39, 0.29) is 18.6 Å². The summed E-state index contributed by atoms with van der Waals surface area (Å²) in [6.45, 7) is 4.42. The third-order valence-electron chi connectivity index (χ3n) is 2.97. The lowest BCUT2D eigenvalue weighted by atomic mass is 10.1. The number of nitrogens with zero attached hydrogens (tertiary/aromatic N) is 2. The molecule has 0 aliphatic rings. The van der Waals surface area contributed by atoms with Crippen LogP contribution < -0.4 is 0 Å². The Morgan fingerprint density at radius 2 is 2.17 bits per heavy atom. The Labute approximate surface area is 116 Å². The molecule has 1 amide bonds. The van der Waals surface area contributed by atoms with Crippen LogP contribution in [0.15, 0.2) is 22.9 Å². The maximum atomic E-state index is 12.5. The highest BCUT2D eigenvalue weighted by atomic mass is 79.9. The van der Waals surface area contributed by atoms with E-state index in [1.54, 1.807) is 23.2 Å². The van der Waals surface area contributed by atoms with Gasteiger partial charge in [0.2, 0.25) is 0 Å². The van der Waals surface area contributed by atoms with Crippen LogP contribution in [0.5, 0.6) is 0 Å². The molecule has 0 spiro atoms. The number of rotatable bonds is 6. The topological polar surface area (TPSA) is 53.4 Å². The molecule has 1 heterocycles. The van der Waals surface area contributed by atoms with Gasteiger partial charge in [-0.05, 0) is 40.9 Å². The largest absolute Gasteiger partial charge is 0.395 e. The minimum atomic E-state index is -0.0854. The van der Waals surface area contributed by atoms with Gasteiger partial charge in [0.25, 0.3) is 5.91 Å². The summed E-state index contributed by atoms with van der Waals surface area (Å²) >= 11 is 3.29. The van der Waals surface area contributed by atoms with Crippen molar-refractivity contribution < 1.29 is 9.90 Å². The number of aromatic nitrogens is 1. The highest BCUT2D eigenvalue weighted by molar-refractivity contribution is 9.10. The van der Waals surface area contributed by atoms with E-state index in [1.807, 2.05) is 13.8 Å². The van der Waals surface area contributed by atoms with E-state index in [0.717, 1.165) is 12.8 Å². The van der Waals surface area contributed by atoms with Crippen molar-refractivity contribution in [3.63, 3.8) is 0 Å². The van der Waals surface area contributed by atoms with Crippen LogP contribution in [0.25, 0.3) is 0 Å². The zero-order valence-electron chi connectivity index (χ0n) is 10.8. The van der Waals surface area contributed by atoms with Crippen LogP contribution in [-0.4, -0.2) is 40.1 Å². The molecule has 0 unspecified atom stereocenters. The lowest BCUT2D eigenvalue weighted by molar-refractivity contribution is 0.0621. The Morgan fingerprint density at radius 3 is 2.67 bits per heavy atom. The number of hydrogen-bond donors (Lipinski definition) is 1. The van der Waals surface area contributed by atoms with E-state index in [2.05, 4.69) is 20.9 Å². The Balaban J connectivity index is 2.99. The highest BCUT2D eigenvalue weighted by Crippen LogP contribution is 2.18. The van der Waals surface area contributed by atoms with E-state index in [0.29, 0.717) is 16.7 Å². The molecule has 18 heavy (non-hydrogen) atoms. The summed E-state index contributed by atoms with van der Waals surface area (Å²) in [5.41, 5.74) is 0.540. The zero-order valence-corrected chi connectivity index (χ0v) is 12.4. The maximum absolute atomic E-state index is 12.5. The highest BCUT2D eigenvalue weighted by Gasteiger charge is 2.23. The summed E-state index contributed by atoms with van der Waals surface area (Å²) in [5, 5.41) is 9.12. The van der Waals surface area contributed by atoms with Crippen LogP contribution in [-0.2, 0) is 0 Å².